The Labute approximate surface area is 178 Å². The van der Waals surface area contributed by atoms with Gasteiger partial charge in [0.1, 0.15) is 0 Å². The van der Waals surface area contributed by atoms with E-state index in [0.29, 0.717) is 28.7 Å². The minimum atomic E-state index is -0.130. The Hall–Kier alpha value is -2.83. The van der Waals surface area contributed by atoms with Crippen LogP contribution >= 0.6 is 22.9 Å². The zero-order chi connectivity index (χ0) is 20.2. The number of halogens is 1. The Morgan fingerprint density at radius 2 is 1.90 bits per heavy atom. The summed E-state index contributed by atoms with van der Waals surface area (Å²) >= 11 is 7.46. The standard InChI is InChI=1S/C22H20ClN3O2S/c23-17-5-1-4-16(14-17)15-25-11-3-12-26(22(25)28)19-9-7-18(8-10-19)24-21(27)20-6-2-13-29-20/h1-2,4-10,13-14H,3,11-12,15H2,(H,24,27). The molecule has 0 spiro atoms. The van der Waals surface area contributed by atoms with Crippen LogP contribution in [0.3, 0.4) is 0 Å². The number of hydrogen-bond acceptors (Lipinski definition) is 3. The molecule has 2 heterocycles. The van der Waals surface area contributed by atoms with Crippen molar-refractivity contribution in [1.82, 2.24) is 4.90 Å². The molecule has 0 atom stereocenters. The number of rotatable bonds is 5. The van der Waals surface area contributed by atoms with Crippen LogP contribution in [0.5, 0.6) is 0 Å². The minimum absolute atomic E-state index is 0.0217. The normalized spacial score (nSPS) is 14.2. The van der Waals surface area contributed by atoms with Gasteiger partial charge in [-0.3, -0.25) is 9.69 Å². The van der Waals surface area contributed by atoms with Gasteiger partial charge >= 0.3 is 6.03 Å². The fraction of sp³-hybridized carbons (Fsp3) is 0.182. The molecule has 0 unspecified atom stereocenters. The van der Waals surface area contributed by atoms with Crippen molar-refractivity contribution in [3.05, 3.63) is 81.5 Å². The smallest absolute Gasteiger partial charge is 0.321 e. The van der Waals surface area contributed by atoms with E-state index < -0.39 is 0 Å². The number of benzene rings is 2. The van der Waals surface area contributed by atoms with Crippen molar-refractivity contribution >= 4 is 46.3 Å². The van der Waals surface area contributed by atoms with E-state index in [1.54, 1.807) is 11.0 Å². The number of urea groups is 1. The maximum atomic E-state index is 13.0. The number of carbonyl (C=O) groups is 2. The summed E-state index contributed by atoms with van der Waals surface area (Å²) in [7, 11) is 0. The molecular weight excluding hydrogens is 406 g/mol. The van der Waals surface area contributed by atoms with Crippen LogP contribution in [0, 0.1) is 0 Å². The largest absolute Gasteiger partial charge is 0.324 e. The molecule has 0 saturated carbocycles. The second-order valence-corrected chi connectivity index (χ2v) is 8.20. The van der Waals surface area contributed by atoms with Gasteiger partial charge in [0, 0.05) is 36.0 Å². The second-order valence-electron chi connectivity index (χ2n) is 6.82. The zero-order valence-electron chi connectivity index (χ0n) is 15.7. The number of hydrogen-bond donors (Lipinski definition) is 1. The van der Waals surface area contributed by atoms with Gasteiger partial charge in [0.15, 0.2) is 0 Å². The summed E-state index contributed by atoms with van der Waals surface area (Å²) in [6.07, 6.45) is 0.892. The SMILES string of the molecule is O=C(Nc1ccc(N2CCCN(Cc3cccc(Cl)c3)C2=O)cc1)c1cccs1. The monoisotopic (exact) mass is 425 g/mol. The van der Waals surface area contributed by atoms with Gasteiger partial charge in [-0.25, -0.2) is 4.79 Å². The Morgan fingerprint density at radius 3 is 2.62 bits per heavy atom. The van der Waals surface area contributed by atoms with Crippen LogP contribution in [0.15, 0.2) is 66.0 Å². The van der Waals surface area contributed by atoms with E-state index in [-0.39, 0.29) is 11.9 Å². The van der Waals surface area contributed by atoms with Crippen molar-refractivity contribution in [2.75, 3.05) is 23.3 Å². The maximum Gasteiger partial charge on any atom is 0.324 e. The maximum absolute atomic E-state index is 13.0. The molecule has 1 fully saturated rings. The molecule has 0 radical (unpaired) electrons. The first-order valence-corrected chi connectivity index (χ1v) is 10.6. The highest BCUT2D eigenvalue weighted by atomic mass is 35.5. The Balaban J connectivity index is 1.43. The van der Waals surface area contributed by atoms with Gasteiger partial charge in [-0.1, -0.05) is 29.8 Å². The van der Waals surface area contributed by atoms with Gasteiger partial charge in [-0.2, -0.15) is 0 Å². The predicted molar refractivity (Wildman–Crippen MR) is 118 cm³/mol. The van der Waals surface area contributed by atoms with Crippen LogP contribution in [-0.4, -0.2) is 29.9 Å². The third-order valence-electron chi connectivity index (χ3n) is 4.76. The molecule has 0 aliphatic carbocycles. The van der Waals surface area contributed by atoms with Gasteiger partial charge in [0.05, 0.1) is 4.88 Å². The Kier molecular flexibility index (Phi) is 5.83. The molecule has 1 N–H and O–H groups in total. The van der Waals surface area contributed by atoms with Crippen LogP contribution in [0.2, 0.25) is 5.02 Å². The highest BCUT2D eigenvalue weighted by Crippen LogP contribution is 2.24. The van der Waals surface area contributed by atoms with Crippen LogP contribution in [0.4, 0.5) is 16.2 Å². The number of amides is 3. The molecule has 7 heteroatoms. The second kappa shape index (κ2) is 8.68. The van der Waals surface area contributed by atoms with Crippen molar-refractivity contribution in [2.45, 2.75) is 13.0 Å². The summed E-state index contributed by atoms with van der Waals surface area (Å²) in [6.45, 7) is 1.92. The van der Waals surface area contributed by atoms with Crippen molar-refractivity contribution in [2.24, 2.45) is 0 Å². The molecule has 148 valence electrons. The summed E-state index contributed by atoms with van der Waals surface area (Å²) in [5.74, 6) is -0.130. The number of nitrogens with one attached hydrogen (secondary N) is 1. The highest BCUT2D eigenvalue weighted by molar-refractivity contribution is 7.12. The molecule has 3 aromatic rings. The predicted octanol–water partition coefficient (Wildman–Crippen LogP) is 5.49. The molecule has 2 aromatic carbocycles. The molecule has 1 saturated heterocycles. The topological polar surface area (TPSA) is 52.7 Å². The summed E-state index contributed by atoms with van der Waals surface area (Å²) in [4.78, 5) is 29.4. The molecule has 4 rings (SSSR count). The van der Waals surface area contributed by atoms with Gasteiger partial charge in [-0.15, -0.1) is 11.3 Å². The van der Waals surface area contributed by atoms with Gasteiger partial charge in [0.25, 0.3) is 5.91 Å². The lowest BCUT2D eigenvalue weighted by Gasteiger charge is -2.35. The van der Waals surface area contributed by atoms with Crippen molar-refractivity contribution < 1.29 is 9.59 Å². The van der Waals surface area contributed by atoms with E-state index in [4.69, 9.17) is 11.6 Å². The lowest BCUT2D eigenvalue weighted by atomic mass is 10.1. The number of carbonyl (C=O) groups excluding carboxylic acids is 2. The lowest BCUT2D eigenvalue weighted by molar-refractivity contribution is 0.103. The molecule has 5 nitrogen and oxygen atoms in total. The van der Waals surface area contributed by atoms with Crippen LogP contribution in [-0.2, 0) is 6.54 Å². The van der Waals surface area contributed by atoms with Crippen molar-refractivity contribution in [1.29, 1.82) is 0 Å². The van der Waals surface area contributed by atoms with E-state index in [0.717, 1.165) is 24.2 Å². The molecular formula is C22H20ClN3O2S. The van der Waals surface area contributed by atoms with Crippen molar-refractivity contribution in [3.63, 3.8) is 0 Å². The fourth-order valence-electron chi connectivity index (χ4n) is 3.35. The van der Waals surface area contributed by atoms with Crippen LogP contribution in [0.1, 0.15) is 21.7 Å². The van der Waals surface area contributed by atoms with Gasteiger partial charge < -0.3 is 10.2 Å². The zero-order valence-corrected chi connectivity index (χ0v) is 17.2. The average molecular weight is 426 g/mol. The fourth-order valence-corrected chi connectivity index (χ4v) is 4.18. The summed E-state index contributed by atoms with van der Waals surface area (Å²) in [5.41, 5.74) is 2.53. The summed E-state index contributed by atoms with van der Waals surface area (Å²) in [5, 5.41) is 5.42. The lowest BCUT2D eigenvalue weighted by Crippen LogP contribution is -2.49. The average Bonchev–Trinajstić information content (AvgIpc) is 3.26. The van der Waals surface area contributed by atoms with E-state index >= 15 is 0 Å². The first kappa shape index (κ1) is 19.5. The Bertz CT molecular complexity index is 1010. The van der Waals surface area contributed by atoms with Crippen molar-refractivity contribution in [3.8, 4) is 0 Å². The number of anilines is 2. The first-order valence-electron chi connectivity index (χ1n) is 9.36. The highest BCUT2D eigenvalue weighted by Gasteiger charge is 2.26. The molecule has 1 aliphatic heterocycles. The quantitative estimate of drug-likeness (QED) is 0.587. The van der Waals surface area contributed by atoms with E-state index in [9.17, 15) is 9.59 Å². The third-order valence-corrected chi connectivity index (χ3v) is 5.86. The van der Waals surface area contributed by atoms with E-state index in [2.05, 4.69) is 5.32 Å². The van der Waals surface area contributed by atoms with Gasteiger partial charge in [-0.05, 0) is 59.8 Å². The molecule has 0 bridgehead atoms. The van der Waals surface area contributed by atoms with Crippen LogP contribution in [0.25, 0.3) is 0 Å². The summed E-state index contributed by atoms with van der Waals surface area (Å²) < 4.78 is 0. The van der Waals surface area contributed by atoms with Gasteiger partial charge in [0.2, 0.25) is 0 Å². The first-order chi connectivity index (χ1) is 14.1. The number of nitrogens with zero attached hydrogens (tertiary/aromatic N) is 2. The van der Waals surface area contributed by atoms with E-state index in [1.807, 2.05) is 64.9 Å². The summed E-state index contributed by atoms with van der Waals surface area (Å²) in [6, 6.07) is 18.6. The molecule has 1 aromatic heterocycles. The van der Waals surface area contributed by atoms with Crippen LogP contribution < -0.4 is 10.2 Å². The molecule has 29 heavy (non-hydrogen) atoms. The molecule has 1 aliphatic rings. The molecule has 3 amide bonds. The van der Waals surface area contributed by atoms with E-state index in [1.165, 1.54) is 11.3 Å². The minimum Gasteiger partial charge on any atom is -0.321 e. The third kappa shape index (κ3) is 4.60. The Morgan fingerprint density at radius 1 is 1.07 bits per heavy atom. The number of thiophene rings is 1.